The molecule has 0 aliphatic heterocycles. The number of amides is 1. The summed E-state index contributed by atoms with van der Waals surface area (Å²) in [6.45, 7) is 4.12. The second kappa shape index (κ2) is 11.0. The molecule has 27 heavy (non-hydrogen) atoms. The third-order valence-corrected chi connectivity index (χ3v) is 4.05. The smallest absolute Gasteiger partial charge is 0.251 e. The van der Waals surface area contributed by atoms with Gasteiger partial charge in [0.25, 0.3) is 5.91 Å². The normalized spacial score (nSPS) is 11.1. The summed E-state index contributed by atoms with van der Waals surface area (Å²) in [6.07, 6.45) is 1.54. The van der Waals surface area contributed by atoms with Gasteiger partial charge >= 0.3 is 0 Å². The number of carbonyl (C=O) groups is 1. The summed E-state index contributed by atoms with van der Waals surface area (Å²) < 4.78 is 12.9. The molecule has 0 heterocycles. The minimum atomic E-state index is -0.224. The number of hydrogen-bond acceptors (Lipinski definition) is 2. The fraction of sp³-hybridized carbons (Fsp3) is 0.333. The van der Waals surface area contributed by atoms with E-state index in [0.29, 0.717) is 18.7 Å². The predicted octanol–water partition coefficient (Wildman–Crippen LogP) is 2.53. The van der Waals surface area contributed by atoms with E-state index in [1.54, 1.807) is 25.2 Å². The molecule has 6 heteroatoms. The monoisotopic (exact) mass is 370 g/mol. The second-order valence-electron chi connectivity index (χ2n) is 6.09. The Morgan fingerprint density at radius 3 is 2.52 bits per heavy atom. The van der Waals surface area contributed by atoms with Crippen LogP contribution >= 0.6 is 0 Å². The molecule has 0 atom stereocenters. The average molecular weight is 370 g/mol. The molecule has 0 aliphatic carbocycles. The molecule has 0 radical (unpaired) electrons. The van der Waals surface area contributed by atoms with Crippen molar-refractivity contribution in [2.75, 3.05) is 26.7 Å². The minimum Gasteiger partial charge on any atom is -0.357 e. The van der Waals surface area contributed by atoms with E-state index in [1.165, 1.54) is 12.1 Å². The summed E-state index contributed by atoms with van der Waals surface area (Å²) in [6, 6.07) is 14.1. The number of benzene rings is 2. The van der Waals surface area contributed by atoms with Gasteiger partial charge in [-0.15, -0.1) is 0 Å². The van der Waals surface area contributed by atoms with Gasteiger partial charge in [0, 0.05) is 32.2 Å². The maximum absolute atomic E-state index is 12.9. The zero-order valence-corrected chi connectivity index (χ0v) is 15.9. The maximum atomic E-state index is 12.9. The minimum absolute atomic E-state index is 0.0829. The van der Waals surface area contributed by atoms with E-state index >= 15 is 0 Å². The molecule has 2 aromatic carbocycles. The highest BCUT2D eigenvalue weighted by Gasteiger charge is 2.04. The Morgan fingerprint density at radius 1 is 1.04 bits per heavy atom. The van der Waals surface area contributed by atoms with E-state index < -0.39 is 0 Å². The SMILES string of the molecule is CCNC(=NCCc1ccc(F)cc1)NCCc1cccc(C(=O)NC)c1. The van der Waals surface area contributed by atoms with Crippen molar-refractivity contribution in [1.29, 1.82) is 0 Å². The number of aliphatic imine (C=N–C) groups is 1. The predicted molar refractivity (Wildman–Crippen MR) is 108 cm³/mol. The third kappa shape index (κ3) is 7.09. The Balaban J connectivity index is 1.84. The van der Waals surface area contributed by atoms with Crippen molar-refractivity contribution in [3.05, 3.63) is 71.0 Å². The lowest BCUT2D eigenvalue weighted by atomic mass is 10.1. The van der Waals surface area contributed by atoms with Crippen LogP contribution in [0, 0.1) is 5.82 Å². The highest BCUT2D eigenvalue weighted by molar-refractivity contribution is 5.94. The van der Waals surface area contributed by atoms with Crippen molar-refractivity contribution < 1.29 is 9.18 Å². The molecule has 0 spiro atoms. The molecule has 1 amide bonds. The standard InChI is InChI=1S/C21H27FN4O/c1-3-24-21(25-13-11-16-7-9-19(22)10-8-16)26-14-12-17-5-4-6-18(15-17)20(27)23-2/h4-10,15H,3,11-14H2,1-2H3,(H,23,27)(H2,24,25,26). The van der Waals surface area contributed by atoms with E-state index in [0.717, 1.165) is 36.5 Å². The van der Waals surface area contributed by atoms with Crippen LogP contribution in [0.4, 0.5) is 4.39 Å². The molecule has 5 nitrogen and oxygen atoms in total. The number of nitrogens with zero attached hydrogens (tertiary/aromatic N) is 1. The van der Waals surface area contributed by atoms with Gasteiger partial charge in [0.2, 0.25) is 0 Å². The molecule has 2 aromatic rings. The van der Waals surface area contributed by atoms with Gasteiger partial charge in [0.15, 0.2) is 5.96 Å². The van der Waals surface area contributed by atoms with Gasteiger partial charge in [-0.05, 0) is 55.2 Å². The quantitative estimate of drug-likeness (QED) is 0.494. The molecule has 0 aromatic heterocycles. The summed E-state index contributed by atoms with van der Waals surface area (Å²) in [7, 11) is 1.63. The van der Waals surface area contributed by atoms with Crippen LogP contribution in [-0.4, -0.2) is 38.5 Å². The number of carbonyl (C=O) groups excluding carboxylic acids is 1. The zero-order valence-electron chi connectivity index (χ0n) is 15.9. The molecule has 0 fully saturated rings. The van der Waals surface area contributed by atoms with Crippen LogP contribution in [0.5, 0.6) is 0 Å². The number of guanidine groups is 1. The van der Waals surface area contributed by atoms with Crippen molar-refractivity contribution in [2.45, 2.75) is 19.8 Å². The summed E-state index contributed by atoms with van der Waals surface area (Å²) >= 11 is 0. The highest BCUT2D eigenvalue weighted by atomic mass is 19.1. The third-order valence-electron chi connectivity index (χ3n) is 4.05. The number of halogens is 1. The molecule has 144 valence electrons. The fourth-order valence-corrected chi connectivity index (χ4v) is 2.63. The molecule has 0 saturated heterocycles. The first-order valence-corrected chi connectivity index (χ1v) is 9.20. The first kappa shape index (κ1) is 20.4. The van der Waals surface area contributed by atoms with Gasteiger partial charge in [-0.25, -0.2) is 4.39 Å². The lowest BCUT2D eigenvalue weighted by molar-refractivity contribution is 0.0963. The van der Waals surface area contributed by atoms with Gasteiger partial charge in [0.1, 0.15) is 5.82 Å². The van der Waals surface area contributed by atoms with Crippen LogP contribution in [0.1, 0.15) is 28.4 Å². The zero-order chi connectivity index (χ0) is 19.5. The average Bonchev–Trinajstić information content (AvgIpc) is 2.69. The van der Waals surface area contributed by atoms with Crippen LogP contribution in [0.2, 0.25) is 0 Å². The van der Waals surface area contributed by atoms with Crippen molar-refractivity contribution >= 4 is 11.9 Å². The number of rotatable bonds is 8. The summed E-state index contributed by atoms with van der Waals surface area (Å²) in [5.41, 5.74) is 2.81. The van der Waals surface area contributed by atoms with Crippen LogP contribution < -0.4 is 16.0 Å². The Labute approximate surface area is 160 Å². The van der Waals surface area contributed by atoms with Gasteiger partial charge < -0.3 is 16.0 Å². The van der Waals surface area contributed by atoms with Crippen LogP contribution in [0.25, 0.3) is 0 Å². The van der Waals surface area contributed by atoms with Crippen molar-refractivity contribution in [3.8, 4) is 0 Å². The van der Waals surface area contributed by atoms with Gasteiger partial charge in [0.05, 0.1) is 0 Å². The molecule has 0 bridgehead atoms. The van der Waals surface area contributed by atoms with E-state index in [1.807, 2.05) is 25.1 Å². The summed E-state index contributed by atoms with van der Waals surface area (Å²) in [5.74, 6) is 0.445. The Kier molecular flexibility index (Phi) is 8.29. The van der Waals surface area contributed by atoms with Crippen LogP contribution in [0.15, 0.2) is 53.5 Å². The highest BCUT2D eigenvalue weighted by Crippen LogP contribution is 2.06. The lowest BCUT2D eigenvalue weighted by Gasteiger charge is -2.12. The second-order valence-corrected chi connectivity index (χ2v) is 6.09. The van der Waals surface area contributed by atoms with Gasteiger partial charge in [-0.3, -0.25) is 9.79 Å². The Morgan fingerprint density at radius 2 is 1.81 bits per heavy atom. The summed E-state index contributed by atoms with van der Waals surface area (Å²) in [5, 5.41) is 9.16. The van der Waals surface area contributed by atoms with Crippen molar-refractivity contribution in [2.24, 2.45) is 4.99 Å². The Hall–Kier alpha value is -2.89. The molecular formula is C21H27FN4O. The first-order valence-electron chi connectivity index (χ1n) is 9.20. The van der Waals surface area contributed by atoms with E-state index in [4.69, 9.17) is 0 Å². The molecule has 0 unspecified atom stereocenters. The van der Waals surface area contributed by atoms with Gasteiger partial charge in [-0.1, -0.05) is 24.3 Å². The van der Waals surface area contributed by atoms with E-state index in [-0.39, 0.29) is 11.7 Å². The van der Waals surface area contributed by atoms with Crippen LogP contribution in [-0.2, 0) is 12.8 Å². The van der Waals surface area contributed by atoms with Crippen molar-refractivity contribution in [1.82, 2.24) is 16.0 Å². The molecule has 3 N–H and O–H groups in total. The number of hydrogen-bond donors (Lipinski definition) is 3. The molecule has 0 saturated carbocycles. The molecular weight excluding hydrogens is 343 g/mol. The van der Waals surface area contributed by atoms with E-state index in [9.17, 15) is 9.18 Å². The van der Waals surface area contributed by atoms with Crippen molar-refractivity contribution in [3.63, 3.8) is 0 Å². The Bertz CT molecular complexity index is 759. The number of nitrogens with one attached hydrogen (secondary N) is 3. The fourth-order valence-electron chi connectivity index (χ4n) is 2.63. The largest absolute Gasteiger partial charge is 0.357 e. The maximum Gasteiger partial charge on any atom is 0.251 e. The topological polar surface area (TPSA) is 65.5 Å². The van der Waals surface area contributed by atoms with Gasteiger partial charge in [-0.2, -0.15) is 0 Å². The first-order chi connectivity index (χ1) is 13.1. The molecule has 2 rings (SSSR count). The lowest BCUT2D eigenvalue weighted by Crippen LogP contribution is -2.38. The van der Waals surface area contributed by atoms with E-state index in [2.05, 4.69) is 20.9 Å². The van der Waals surface area contributed by atoms with Crippen LogP contribution in [0.3, 0.4) is 0 Å². The molecule has 0 aliphatic rings. The summed E-state index contributed by atoms with van der Waals surface area (Å²) in [4.78, 5) is 16.3.